The van der Waals surface area contributed by atoms with E-state index in [-0.39, 0.29) is 10.7 Å². The van der Waals surface area contributed by atoms with Gasteiger partial charge < -0.3 is 0 Å². The lowest BCUT2D eigenvalue weighted by molar-refractivity contribution is -0.143. The first-order valence-electron chi connectivity index (χ1n) is 5.55. The zero-order valence-corrected chi connectivity index (χ0v) is 10.7. The van der Waals surface area contributed by atoms with Crippen LogP contribution in [0.4, 0.5) is 26.3 Å². The van der Waals surface area contributed by atoms with Crippen molar-refractivity contribution in [1.82, 2.24) is 19.7 Å². The Bertz CT molecular complexity index is 650. The smallest absolute Gasteiger partial charge is 0.216 e. The Morgan fingerprint density at radius 3 is 1.81 bits per heavy atom. The van der Waals surface area contributed by atoms with Crippen LogP contribution >= 0.6 is 0 Å². The molecule has 0 saturated heterocycles. The van der Waals surface area contributed by atoms with E-state index in [1.807, 2.05) is 0 Å². The summed E-state index contributed by atoms with van der Waals surface area (Å²) in [6.07, 6.45) is -10.0. The van der Waals surface area contributed by atoms with Gasteiger partial charge in [-0.05, 0) is 19.9 Å². The Hall–Kier alpha value is -2.13. The molecule has 2 rings (SSSR count). The van der Waals surface area contributed by atoms with E-state index in [9.17, 15) is 26.3 Å². The minimum absolute atomic E-state index is 0.0584. The molecule has 0 aliphatic heterocycles. The van der Waals surface area contributed by atoms with Crippen LogP contribution in [0, 0.1) is 13.8 Å². The summed E-state index contributed by atoms with van der Waals surface area (Å²) in [5.74, 6) is -0.560. The quantitative estimate of drug-likeness (QED) is 0.759. The fraction of sp³-hybridized carbons (Fsp3) is 0.364. The lowest BCUT2D eigenvalue weighted by atomic mass is 10.3. The first-order valence-corrected chi connectivity index (χ1v) is 5.55. The molecule has 114 valence electrons. The van der Waals surface area contributed by atoms with Crippen molar-refractivity contribution in [3.8, 4) is 5.95 Å². The summed E-state index contributed by atoms with van der Waals surface area (Å²) in [4.78, 5) is 7.39. The summed E-state index contributed by atoms with van der Waals surface area (Å²) in [6, 6.07) is 1.41. The van der Waals surface area contributed by atoms with Crippen molar-refractivity contribution in [3.63, 3.8) is 0 Å². The SMILES string of the molecule is Cc1cc(C)nc(-n2nc(C(F)(F)F)cc2C(F)(F)F)n1. The predicted molar refractivity (Wildman–Crippen MR) is 58.6 cm³/mol. The van der Waals surface area contributed by atoms with Gasteiger partial charge in [-0.3, -0.25) is 0 Å². The van der Waals surface area contributed by atoms with Gasteiger partial charge in [0, 0.05) is 17.5 Å². The van der Waals surface area contributed by atoms with Crippen LogP contribution in [-0.4, -0.2) is 19.7 Å². The maximum atomic E-state index is 12.9. The Kier molecular flexibility index (Phi) is 3.42. The molecular weight excluding hydrogens is 302 g/mol. The maximum absolute atomic E-state index is 12.9. The standard InChI is InChI=1S/C11H8F6N4/c1-5-3-6(2)19-9(18-5)21-8(11(15,16)17)4-7(20-21)10(12,13)14/h3-4H,1-2H3. The minimum Gasteiger partial charge on any atom is -0.216 e. The third-order valence-corrected chi connectivity index (χ3v) is 2.45. The van der Waals surface area contributed by atoms with Crippen LogP contribution in [0.1, 0.15) is 22.8 Å². The molecule has 4 nitrogen and oxygen atoms in total. The summed E-state index contributed by atoms with van der Waals surface area (Å²) in [7, 11) is 0. The Morgan fingerprint density at radius 1 is 0.857 bits per heavy atom. The number of aromatic nitrogens is 4. The van der Waals surface area contributed by atoms with E-state index in [2.05, 4.69) is 15.1 Å². The highest BCUT2D eigenvalue weighted by Crippen LogP contribution is 2.35. The van der Waals surface area contributed by atoms with Crippen LogP contribution in [0.25, 0.3) is 5.95 Å². The number of hydrogen-bond acceptors (Lipinski definition) is 3. The second-order valence-corrected chi connectivity index (χ2v) is 4.27. The van der Waals surface area contributed by atoms with Crippen molar-refractivity contribution >= 4 is 0 Å². The first-order chi connectivity index (χ1) is 9.48. The molecule has 2 heterocycles. The number of nitrogens with zero attached hydrogens (tertiary/aromatic N) is 4. The van der Waals surface area contributed by atoms with Gasteiger partial charge in [0.1, 0.15) is 0 Å². The van der Waals surface area contributed by atoms with Gasteiger partial charge in [0.25, 0.3) is 5.95 Å². The molecule has 0 aliphatic carbocycles. The van der Waals surface area contributed by atoms with Crippen molar-refractivity contribution in [1.29, 1.82) is 0 Å². The molecule has 2 aromatic heterocycles. The normalized spacial score (nSPS) is 12.8. The van der Waals surface area contributed by atoms with Crippen LogP contribution in [-0.2, 0) is 12.4 Å². The molecule has 0 atom stereocenters. The highest BCUT2D eigenvalue weighted by atomic mass is 19.4. The summed E-state index contributed by atoms with van der Waals surface area (Å²) in [5.41, 5.74) is -2.61. The third kappa shape index (κ3) is 3.14. The summed E-state index contributed by atoms with van der Waals surface area (Å²) < 4.78 is 76.3. The van der Waals surface area contributed by atoms with E-state index in [4.69, 9.17) is 0 Å². The van der Waals surface area contributed by atoms with Crippen LogP contribution in [0.3, 0.4) is 0 Å². The Balaban J connectivity index is 2.69. The van der Waals surface area contributed by atoms with Gasteiger partial charge in [-0.1, -0.05) is 0 Å². The molecule has 0 N–H and O–H groups in total. The van der Waals surface area contributed by atoms with Crippen molar-refractivity contribution < 1.29 is 26.3 Å². The highest BCUT2D eigenvalue weighted by Gasteiger charge is 2.42. The topological polar surface area (TPSA) is 43.6 Å². The zero-order chi connectivity index (χ0) is 16.0. The molecule has 0 bridgehead atoms. The predicted octanol–water partition coefficient (Wildman–Crippen LogP) is 3.32. The molecule has 0 saturated carbocycles. The Morgan fingerprint density at radius 2 is 1.38 bits per heavy atom. The average Bonchev–Trinajstić information content (AvgIpc) is 2.70. The van der Waals surface area contributed by atoms with Gasteiger partial charge in [-0.25, -0.2) is 9.97 Å². The molecule has 0 amide bonds. The molecule has 0 fully saturated rings. The second-order valence-electron chi connectivity index (χ2n) is 4.27. The molecular formula is C11H8F6N4. The largest absolute Gasteiger partial charge is 0.435 e. The molecule has 10 heteroatoms. The molecule has 21 heavy (non-hydrogen) atoms. The van der Waals surface area contributed by atoms with Crippen LogP contribution in [0.15, 0.2) is 12.1 Å². The number of rotatable bonds is 1. The lowest BCUT2D eigenvalue weighted by Crippen LogP contribution is -2.16. The van der Waals surface area contributed by atoms with Gasteiger partial charge in [-0.15, -0.1) is 0 Å². The second kappa shape index (κ2) is 4.71. The minimum atomic E-state index is -5.02. The monoisotopic (exact) mass is 310 g/mol. The van der Waals surface area contributed by atoms with E-state index in [1.54, 1.807) is 0 Å². The van der Waals surface area contributed by atoms with E-state index in [0.717, 1.165) is 0 Å². The van der Waals surface area contributed by atoms with Crippen LogP contribution < -0.4 is 0 Å². The first kappa shape index (κ1) is 15.3. The third-order valence-electron chi connectivity index (χ3n) is 2.45. The van der Waals surface area contributed by atoms with Crippen LogP contribution in [0.2, 0.25) is 0 Å². The van der Waals surface area contributed by atoms with E-state index >= 15 is 0 Å². The maximum Gasteiger partial charge on any atom is 0.435 e. The van der Waals surface area contributed by atoms with Crippen molar-refractivity contribution in [2.24, 2.45) is 0 Å². The summed E-state index contributed by atoms with van der Waals surface area (Å²) >= 11 is 0. The molecule has 0 unspecified atom stereocenters. The van der Waals surface area contributed by atoms with Gasteiger partial charge in [0.05, 0.1) is 0 Å². The van der Waals surface area contributed by atoms with Crippen molar-refractivity contribution in [3.05, 3.63) is 34.9 Å². The van der Waals surface area contributed by atoms with E-state index in [0.29, 0.717) is 11.4 Å². The van der Waals surface area contributed by atoms with Crippen LogP contribution in [0.5, 0.6) is 0 Å². The Labute approximate surface area is 114 Å². The van der Waals surface area contributed by atoms with Gasteiger partial charge in [0.15, 0.2) is 11.4 Å². The van der Waals surface area contributed by atoms with Crippen molar-refractivity contribution in [2.75, 3.05) is 0 Å². The molecule has 0 spiro atoms. The number of alkyl halides is 6. The van der Waals surface area contributed by atoms with Crippen molar-refractivity contribution in [2.45, 2.75) is 26.2 Å². The molecule has 0 aliphatic rings. The number of halogens is 6. The van der Waals surface area contributed by atoms with E-state index < -0.39 is 29.7 Å². The highest BCUT2D eigenvalue weighted by molar-refractivity contribution is 5.25. The summed E-state index contributed by atoms with van der Waals surface area (Å²) in [5, 5.41) is 2.95. The molecule has 0 radical (unpaired) electrons. The fourth-order valence-electron chi connectivity index (χ4n) is 1.68. The van der Waals surface area contributed by atoms with E-state index in [1.165, 1.54) is 19.9 Å². The molecule has 0 aromatic carbocycles. The molecule has 2 aromatic rings. The zero-order valence-electron chi connectivity index (χ0n) is 10.7. The number of hydrogen-bond donors (Lipinski definition) is 0. The average molecular weight is 310 g/mol. The fourth-order valence-corrected chi connectivity index (χ4v) is 1.68. The summed E-state index contributed by atoms with van der Waals surface area (Å²) in [6.45, 7) is 2.97. The lowest BCUT2D eigenvalue weighted by Gasteiger charge is -2.09. The van der Waals surface area contributed by atoms with Gasteiger partial charge in [0.2, 0.25) is 0 Å². The van der Waals surface area contributed by atoms with Gasteiger partial charge in [-0.2, -0.15) is 36.1 Å². The number of aryl methyl sites for hydroxylation is 2. The van der Waals surface area contributed by atoms with Gasteiger partial charge >= 0.3 is 12.4 Å².